The predicted octanol–water partition coefficient (Wildman–Crippen LogP) is 2.38. The van der Waals surface area contributed by atoms with Crippen LogP contribution < -0.4 is 5.73 Å². The van der Waals surface area contributed by atoms with Gasteiger partial charge < -0.3 is 5.73 Å². The summed E-state index contributed by atoms with van der Waals surface area (Å²) in [5, 5.41) is 0. The second-order valence-corrected chi connectivity index (χ2v) is 4.18. The molecule has 3 heteroatoms. The van der Waals surface area contributed by atoms with Gasteiger partial charge in [-0.25, -0.2) is 4.39 Å². The minimum atomic E-state index is -0.169. The molecule has 1 atom stereocenters. The van der Waals surface area contributed by atoms with Crippen molar-refractivity contribution in [3.05, 3.63) is 35.6 Å². The predicted molar refractivity (Wildman–Crippen MR) is 65.6 cm³/mol. The molecule has 1 aromatic carbocycles. The maximum Gasteiger partial charge on any atom is 0.123 e. The van der Waals surface area contributed by atoms with Gasteiger partial charge in [-0.1, -0.05) is 19.1 Å². The van der Waals surface area contributed by atoms with Gasteiger partial charge in [-0.3, -0.25) is 4.90 Å². The first-order chi connectivity index (χ1) is 7.67. The lowest BCUT2D eigenvalue weighted by Crippen LogP contribution is -2.32. The smallest absolute Gasteiger partial charge is 0.123 e. The first-order valence-electron chi connectivity index (χ1n) is 5.82. The standard InChI is InChI=1S/C13H21FN2/c1-3-13(7-8-15)16(2)10-11-5-4-6-12(14)9-11/h4-6,9,13H,3,7-8,10,15H2,1-2H3. The third kappa shape index (κ3) is 3.91. The van der Waals surface area contributed by atoms with E-state index in [4.69, 9.17) is 5.73 Å². The van der Waals surface area contributed by atoms with E-state index < -0.39 is 0 Å². The van der Waals surface area contributed by atoms with Crippen molar-refractivity contribution in [2.24, 2.45) is 5.73 Å². The van der Waals surface area contributed by atoms with Crippen LogP contribution in [0.5, 0.6) is 0 Å². The summed E-state index contributed by atoms with van der Waals surface area (Å²) >= 11 is 0. The van der Waals surface area contributed by atoms with Crippen LogP contribution in [-0.4, -0.2) is 24.5 Å². The van der Waals surface area contributed by atoms with Crippen molar-refractivity contribution in [1.29, 1.82) is 0 Å². The highest BCUT2D eigenvalue weighted by Gasteiger charge is 2.11. The van der Waals surface area contributed by atoms with Gasteiger partial charge in [0, 0.05) is 12.6 Å². The molecule has 0 aromatic heterocycles. The second-order valence-electron chi connectivity index (χ2n) is 4.18. The number of halogens is 1. The van der Waals surface area contributed by atoms with Gasteiger partial charge in [0.25, 0.3) is 0 Å². The Morgan fingerprint density at radius 2 is 2.19 bits per heavy atom. The van der Waals surface area contributed by atoms with E-state index in [0.29, 0.717) is 12.6 Å². The van der Waals surface area contributed by atoms with E-state index in [1.54, 1.807) is 12.1 Å². The summed E-state index contributed by atoms with van der Waals surface area (Å²) in [6.45, 7) is 3.63. The minimum absolute atomic E-state index is 0.169. The zero-order valence-corrected chi connectivity index (χ0v) is 10.1. The molecule has 1 unspecified atom stereocenters. The molecule has 1 aromatic rings. The number of hydrogen-bond acceptors (Lipinski definition) is 2. The molecular weight excluding hydrogens is 203 g/mol. The summed E-state index contributed by atoms with van der Waals surface area (Å²) in [5.41, 5.74) is 6.59. The van der Waals surface area contributed by atoms with Crippen LogP contribution >= 0.6 is 0 Å². The summed E-state index contributed by atoms with van der Waals surface area (Å²) in [6, 6.07) is 7.25. The molecule has 0 radical (unpaired) electrons. The highest BCUT2D eigenvalue weighted by atomic mass is 19.1. The van der Waals surface area contributed by atoms with Gasteiger partial charge in [-0.15, -0.1) is 0 Å². The van der Waals surface area contributed by atoms with Crippen molar-refractivity contribution < 1.29 is 4.39 Å². The maximum absolute atomic E-state index is 13.0. The van der Waals surface area contributed by atoms with Crippen molar-refractivity contribution >= 4 is 0 Å². The Balaban J connectivity index is 2.58. The zero-order valence-electron chi connectivity index (χ0n) is 10.1. The van der Waals surface area contributed by atoms with Crippen molar-refractivity contribution in [2.45, 2.75) is 32.4 Å². The molecule has 0 amide bonds. The van der Waals surface area contributed by atoms with Crippen LogP contribution in [0, 0.1) is 5.82 Å². The molecule has 16 heavy (non-hydrogen) atoms. The van der Waals surface area contributed by atoms with Crippen molar-refractivity contribution in [3.63, 3.8) is 0 Å². The molecule has 1 rings (SSSR count). The first-order valence-corrected chi connectivity index (χ1v) is 5.82. The molecular formula is C13H21FN2. The van der Waals surface area contributed by atoms with Crippen LogP contribution in [0.2, 0.25) is 0 Å². The number of nitrogens with two attached hydrogens (primary N) is 1. The van der Waals surface area contributed by atoms with Gasteiger partial charge in [-0.05, 0) is 44.1 Å². The lowest BCUT2D eigenvalue weighted by atomic mass is 10.1. The summed E-state index contributed by atoms with van der Waals surface area (Å²) in [6.07, 6.45) is 2.06. The number of rotatable bonds is 6. The lowest BCUT2D eigenvalue weighted by molar-refractivity contribution is 0.218. The fourth-order valence-electron chi connectivity index (χ4n) is 1.98. The van der Waals surface area contributed by atoms with Crippen LogP contribution in [0.25, 0.3) is 0 Å². The lowest BCUT2D eigenvalue weighted by Gasteiger charge is -2.26. The van der Waals surface area contributed by atoms with Crippen LogP contribution in [0.4, 0.5) is 4.39 Å². The number of nitrogens with zero attached hydrogens (tertiary/aromatic N) is 1. The van der Waals surface area contributed by atoms with Gasteiger partial charge in [0.05, 0.1) is 0 Å². The largest absolute Gasteiger partial charge is 0.330 e. The number of benzene rings is 1. The molecule has 0 saturated carbocycles. The fraction of sp³-hybridized carbons (Fsp3) is 0.538. The summed E-state index contributed by atoms with van der Waals surface area (Å²) in [7, 11) is 2.06. The molecule has 2 nitrogen and oxygen atoms in total. The summed E-state index contributed by atoms with van der Waals surface area (Å²) in [4.78, 5) is 2.24. The molecule has 0 aliphatic rings. The summed E-state index contributed by atoms with van der Waals surface area (Å²) in [5.74, 6) is -0.169. The molecule has 90 valence electrons. The van der Waals surface area contributed by atoms with Crippen LogP contribution in [0.15, 0.2) is 24.3 Å². The van der Waals surface area contributed by atoms with E-state index in [2.05, 4.69) is 18.9 Å². The molecule has 0 fully saturated rings. The maximum atomic E-state index is 13.0. The molecule has 0 saturated heterocycles. The summed E-state index contributed by atoms with van der Waals surface area (Å²) < 4.78 is 13.0. The monoisotopic (exact) mass is 224 g/mol. The Labute approximate surface area is 97.3 Å². The van der Waals surface area contributed by atoms with E-state index in [9.17, 15) is 4.39 Å². The van der Waals surface area contributed by atoms with Gasteiger partial charge in [0.1, 0.15) is 5.82 Å². The van der Waals surface area contributed by atoms with E-state index >= 15 is 0 Å². The molecule has 0 bridgehead atoms. The van der Waals surface area contributed by atoms with Crippen molar-refractivity contribution in [2.75, 3.05) is 13.6 Å². The van der Waals surface area contributed by atoms with Crippen molar-refractivity contribution in [3.8, 4) is 0 Å². The van der Waals surface area contributed by atoms with Crippen LogP contribution in [0.3, 0.4) is 0 Å². The normalized spacial score (nSPS) is 13.1. The van der Waals surface area contributed by atoms with E-state index in [1.165, 1.54) is 6.07 Å². The Hall–Kier alpha value is -0.930. The van der Waals surface area contributed by atoms with Gasteiger partial charge >= 0.3 is 0 Å². The van der Waals surface area contributed by atoms with E-state index in [-0.39, 0.29) is 5.82 Å². The second kappa shape index (κ2) is 6.61. The van der Waals surface area contributed by atoms with Crippen LogP contribution in [0.1, 0.15) is 25.3 Å². The molecule has 0 heterocycles. The highest BCUT2D eigenvalue weighted by Crippen LogP contribution is 2.12. The highest BCUT2D eigenvalue weighted by molar-refractivity contribution is 5.16. The molecule has 0 aliphatic heterocycles. The quantitative estimate of drug-likeness (QED) is 0.804. The molecule has 0 spiro atoms. The van der Waals surface area contributed by atoms with Gasteiger partial charge in [0.2, 0.25) is 0 Å². The Morgan fingerprint density at radius 3 is 2.75 bits per heavy atom. The SMILES string of the molecule is CCC(CCN)N(C)Cc1cccc(F)c1. The van der Waals surface area contributed by atoms with E-state index in [1.807, 2.05) is 6.07 Å². The molecule has 2 N–H and O–H groups in total. The Kier molecular flexibility index (Phi) is 5.43. The van der Waals surface area contributed by atoms with E-state index in [0.717, 1.165) is 24.9 Å². The third-order valence-corrected chi connectivity index (χ3v) is 2.92. The Morgan fingerprint density at radius 1 is 1.44 bits per heavy atom. The zero-order chi connectivity index (χ0) is 12.0. The average Bonchev–Trinajstić information content (AvgIpc) is 2.25. The number of hydrogen-bond donors (Lipinski definition) is 1. The minimum Gasteiger partial charge on any atom is -0.330 e. The van der Waals surface area contributed by atoms with Crippen LogP contribution in [-0.2, 0) is 6.54 Å². The van der Waals surface area contributed by atoms with Gasteiger partial charge in [-0.2, -0.15) is 0 Å². The van der Waals surface area contributed by atoms with Gasteiger partial charge in [0.15, 0.2) is 0 Å². The first kappa shape index (κ1) is 13.1. The molecule has 0 aliphatic carbocycles. The fourth-order valence-corrected chi connectivity index (χ4v) is 1.98. The average molecular weight is 224 g/mol. The topological polar surface area (TPSA) is 29.3 Å². The third-order valence-electron chi connectivity index (χ3n) is 2.92. The Bertz CT molecular complexity index is 315. The van der Waals surface area contributed by atoms with Crippen molar-refractivity contribution in [1.82, 2.24) is 4.90 Å².